The van der Waals surface area contributed by atoms with Crippen molar-refractivity contribution < 1.29 is 37.7 Å². The molecular formula is C26H27ClF2N4O6. The van der Waals surface area contributed by atoms with Crippen LogP contribution in [0.5, 0.6) is 11.5 Å². The third-order valence-corrected chi connectivity index (χ3v) is 6.32. The van der Waals surface area contributed by atoms with E-state index >= 15 is 0 Å². The number of aromatic nitrogens is 2. The number of anilines is 2. The third-order valence-electron chi connectivity index (χ3n) is 5.97. The second kappa shape index (κ2) is 11.0. The number of halogens is 3. The van der Waals surface area contributed by atoms with Crippen molar-refractivity contribution in [3.05, 3.63) is 47.2 Å². The summed E-state index contributed by atoms with van der Waals surface area (Å²) in [5.74, 6) is -2.28. The van der Waals surface area contributed by atoms with Crippen molar-refractivity contribution in [3.8, 4) is 11.5 Å². The number of methoxy groups -OCH3 is 1. The number of amides is 1. The van der Waals surface area contributed by atoms with Gasteiger partial charge in [-0.3, -0.25) is 4.90 Å². The van der Waals surface area contributed by atoms with Crippen LogP contribution in [0.1, 0.15) is 33.6 Å². The number of likely N-dealkylation sites (tertiary alicyclic amines) is 1. The molecule has 10 nitrogen and oxygen atoms in total. The van der Waals surface area contributed by atoms with Crippen molar-refractivity contribution >= 4 is 46.1 Å². The van der Waals surface area contributed by atoms with Gasteiger partial charge in [0.2, 0.25) is 0 Å². The summed E-state index contributed by atoms with van der Waals surface area (Å²) in [6.45, 7) is 5.21. The van der Waals surface area contributed by atoms with Crippen LogP contribution in [0.2, 0.25) is 5.02 Å². The molecule has 1 amide bonds. The van der Waals surface area contributed by atoms with Gasteiger partial charge in [0, 0.05) is 30.8 Å². The van der Waals surface area contributed by atoms with E-state index in [1.165, 1.54) is 24.4 Å². The molecule has 2 atom stereocenters. The van der Waals surface area contributed by atoms with Gasteiger partial charge >= 0.3 is 12.1 Å². The maximum Gasteiger partial charge on any atom is 0.411 e. The number of nitrogens with one attached hydrogen (secondary N) is 1. The molecule has 1 aliphatic heterocycles. The number of benzene rings is 2. The van der Waals surface area contributed by atoms with Crippen LogP contribution in [0.15, 0.2) is 30.6 Å². The topological polar surface area (TPSA) is 123 Å². The molecule has 1 aromatic heterocycles. The summed E-state index contributed by atoms with van der Waals surface area (Å²) in [4.78, 5) is 34.2. The van der Waals surface area contributed by atoms with Gasteiger partial charge in [0.15, 0.2) is 17.3 Å². The van der Waals surface area contributed by atoms with Crippen LogP contribution in [0.3, 0.4) is 0 Å². The molecule has 2 heterocycles. The summed E-state index contributed by atoms with van der Waals surface area (Å²) in [6.07, 6.45) is 0.311. The summed E-state index contributed by atoms with van der Waals surface area (Å²) >= 11 is 5.70. The molecule has 0 aliphatic carbocycles. The van der Waals surface area contributed by atoms with Gasteiger partial charge in [-0.05, 0) is 39.0 Å². The fourth-order valence-corrected chi connectivity index (χ4v) is 4.32. The zero-order chi connectivity index (χ0) is 28.5. The second-order valence-electron chi connectivity index (χ2n) is 9.88. The SMILES string of the molecule is COc1cc2ncnc(Nc3ccc(F)c(Cl)c3F)c2cc1OC1CCN(C(=O)OC(C)(C)C)C(C(=O)O)C1. The number of carbonyl (C=O) groups excluding carboxylic acids is 1. The molecule has 39 heavy (non-hydrogen) atoms. The number of hydrogen-bond donors (Lipinski definition) is 2. The van der Waals surface area contributed by atoms with Crippen molar-refractivity contribution in [1.29, 1.82) is 0 Å². The van der Waals surface area contributed by atoms with Gasteiger partial charge in [0.05, 0.1) is 18.3 Å². The normalized spacial score (nSPS) is 17.6. The fourth-order valence-electron chi connectivity index (χ4n) is 4.16. The maximum atomic E-state index is 14.5. The highest BCUT2D eigenvalue weighted by Gasteiger charge is 2.39. The van der Waals surface area contributed by atoms with Crippen molar-refractivity contribution in [2.24, 2.45) is 0 Å². The molecule has 13 heteroatoms. The summed E-state index contributed by atoms with van der Waals surface area (Å²) in [5, 5.41) is 12.4. The number of aliphatic carboxylic acids is 1. The van der Waals surface area contributed by atoms with E-state index in [1.807, 2.05) is 0 Å². The number of carboxylic acids is 1. The summed E-state index contributed by atoms with van der Waals surface area (Å²) < 4.78 is 45.1. The largest absolute Gasteiger partial charge is 0.493 e. The maximum absolute atomic E-state index is 14.5. The van der Waals surface area contributed by atoms with Crippen molar-refractivity contribution in [2.45, 2.75) is 51.4 Å². The van der Waals surface area contributed by atoms with Gasteiger partial charge < -0.3 is 24.6 Å². The smallest absolute Gasteiger partial charge is 0.411 e. The molecule has 208 valence electrons. The first-order valence-corrected chi connectivity index (χ1v) is 12.4. The average molecular weight is 565 g/mol. The Bertz CT molecular complexity index is 1420. The zero-order valence-electron chi connectivity index (χ0n) is 21.6. The summed E-state index contributed by atoms with van der Waals surface area (Å²) in [5.41, 5.74) is -0.436. The van der Waals surface area contributed by atoms with Gasteiger partial charge in [0.1, 0.15) is 40.7 Å². The highest BCUT2D eigenvalue weighted by atomic mass is 35.5. The van der Waals surface area contributed by atoms with Gasteiger partial charge in [-0.25, -0.2) is 28.3 Å². The Kier molecular flexibility index (Phi) is 7.96. The minimum Gasteiger partial charge on any atom is -0.493 e. The molecule has 0 bridgehead atoms. The third kappa shape index (κ3) is 6.22. The predicted molar refractivity (Wildman–Crippen MR) is 139 cm³/mol. The molecule has 3 aromatic rings. The molecule has 4 rings (SSSR count). The van der Waals surface area contributed by atoms with E-state index in [2.05, 4.69) is 15.3 Å². The molecule has 2 N–H and O–H groups in total. The van der Waals surface area contributed by atoms with Crippen molar-refractivity contribution in [2.75, 3.05) is 19.0 Å². The first kappa shape index (κ1) is 28.1. The predicted octanol–water partition coefficient (Wildman–Crippen LogP) is 5.55. The number of carboxylic acid groups (broad SMARTS) is 1. The molecule has 2 unspecified atom stereocenters. The lowest BCUT2D eigenvalue weighted by Crippen LogP contribution is -2.53. The monoisotopic (exact) mass is 564 g/mol. The molecule has 2 aromatic carbocycles. The van der Waals surface area contributed by atoms with Crippen molar-refractivity contribution in [1.82, 2.24) is 14.9 Å². The molecular weight excluding hydrogens is 538 g/mol. The quantitative estimate of drug-likeness (QED) is 0.371. The number of fused-ring (bicyclic) bond motifs is 1. The first-order chi connectivity index (χ1) is 18.4. The molecule has 1 fully saturated rings. The molecule has 1 aliphatic rings. The van der Waals surface area contributed by atoms with E-state index in [9.17, 15) is 23.5 Å². The van der Waals surface area contributed by atoms with Gasteiger partial charge in [-0.15, -0.1) is 0 Å². The lowest BCUT2D eigenvalue weighted by molar-refractivity contribution is -0.145. The zero-order valence-corrected chi connectivity index (χ0v) is 22.4. The van der Waals surface area contributed by atoms with E-state index in [-0.39, 0.29) is 30.2 Å². The number of piperidine rings is 1. The lowest BCUT2D eigenvalue weighted by atomic mass is 9.99. The van der Waals surface area contributed by atoms with Crippen molar-refractivity contribution in [3.63, 3.8) is 0 Å². The Balaban J connectivity index is 1.61. The Morgan fingerprint density at radius 3 is 2.59 bits per heavy atom. The Morgan fingerprint density at radius 1 is 1.18 bits per heavy atom. The van der Waals surface area contributed by atoms with Crippen LogP contribution in [0.4, 0.5) is 25.1 Å². The van der Waals surface area contributed by atoms with Gasteiger partial charge in [0.25, 0.3) is 0 Å². The first-order valence-electron chi connectivity index (χ1n) is 12.0. The Morgan fingerprint density at radius 2 is 1.92 bits per heavy atom. The van der Waals surface area contributed by atoms with E-state index in [0.29, 0.717) is 23.1 Å². The number of hydrogen-bond acceptors (Lipinski definition) is 8. The van der Waals surface area contributed by atoms with Crippen LogP contribution in [0.25, 0.3) is 10.9 Å². The highest BCUT2D eigenvalue weighted by Crippen LogP contribution is 2.37. The number of carbonyl (C=O) groups is 2. The van der Waals surface area contributed by atoms with Gasteiger partial charge in [-0.1, -0.05) is 11.6 Å². The number of ether oxygens (including phenoxy) is 3. The van der Waals surface area contributed by atoms with Crippen LogP contribution in [-0.4, -0.2) is 63.4 Å². The standard InChI is InChI=1S/C26H27ClF2N4O6/c1-26(2,3)39-25(36)33-8-7-13(9-18(33)24(34)35)38-20-10-14-17(11-19(20)37-4)30-12-31-23(14)32-16-6-5-15(28)21(27)22(16)29/h5-6,10-13,18H,7-9H2,1-4H3,(H,34,35)(H,30,31,32). The second-order valence-corrected chi connectivity index (χ2v) is 10.3. The minimum atomic E-state index is -1.18. The number of nitrogens with zero attached hydrogens (tertiary/aromatic N) is 3. The summed E-state index contributed by atoms with van der Waals surface area (Å²) in [6, 6.07) is 4.23. The van der Waals surface area contributed by atoms with E-state index in [1.54, 1.807) is 32.9 Å². The Labute approximate surface area is 227 Å². The van der Waals surface area contributed by atoms with Crippen LogP contribution in [-0.2, 0) is 9.53 Å². The average Bonchev–Trinajstić information content (AvgIpc) is 2.87. The highest BCUT2D eigenvalue weighted by molar-refractivity contribution is 6.31. The molecule has 0 radical (unpaired) electrons. The summed E-state index contributed by atoms with van der Waals surface area (Å²) in [7, 11) is 1.44. The molecule has 1 saturated heterocycles. The van der Waals surface area contributed by atoms with E-state index in [0.717, 1.165) is 6.07 Å². The molecule has 0 saturated carbocycles. The molecule has 0 spiro atoms. The number of rotatable bonds is 6. The lowest BCUT2D eigenvalue weighted by Gasteiger charge is -2.37. The Hall–Kier alpha value is -3.93. The van der Waals surface area contributed by atoms with Crippen LogP contribution >= 0.6 is 11.6 Å². The van der Waals surface area contributed by atoms with E-state index in [4.69, 9.17) is 25.8 Å². The minimum absolute atomic E-state index is 0.00541. The van der Waals surface area contributed by atoms with Crippen LogP contribution < -0.4 is 14.8 Å². The van der Waals surface area contributed by atoms with Crippen LogP contribution in [0, 0.1) is 11.6 Å². The van der Waals surface area contributed by atoms with E-state index < -0.39 is 46.5 Å². The van der Waals surface area contributed by atoms with Gasteiger partial charge in [-0.2, -0.15) is 0 Å². The fraction of sp³-hybridized carbons (Fsp3) is 0.385.